The van der Waals surface area contributed by atoms with Crippen molar-refractivity contribution in [2.45, 2.75) is 0 Å². The Hall–Kier alpha value is -1.09. The minimum absolute atomic E-state index is 0.269. The minimum Gasteiger partial charge on any atom is -0.478 e. The Bertz CT molecular complexity index is 213. The highest BCUT2D eigenvalue weighted by atomic mass is 35.5. The molecule has 0 aliphatic carbocycles. The lowest BCUT2D eigenvalue weighted by Crippen LogP contribution is -1.94. The number of hydrogen-bond acceptors (Lipinski definition) is 2. The molecule has 0 aliphatic rings. The van der Waals surface area contributed by atoms with Gasteiger partial charge < -0.3 is 5.11 Å². The molecule has 0 aromatic carbocycles. The first-order valence-electron chi connectivity index (χ1n) is 2.82. The lowest BCUT2D eigenvalue weighted by atomic mass is 10.3. The van der Waals surface area contributed by atoms with E-state index in [1.807, 2.05) is 0 Å². The van der Waals surface area contributed by atoms with E-state index in [-0.39, 0.29) is 5.56 Å². The second-order valence-electron chi connectivity index (χ2n) is 1.54. The van der Waals surface area contributed by atoms with Crippen LogP contribution in [0.2, 0.25) is 0 Å². The van der Waals surface area contributed by atoms with E-state index in [0.717, 1.165) is 0 Å². The number of halogens is 1. The molecule has 0 saturated heterocycles. The third kappa shape index (κ3) is 3.57. The molecule has 0 aliphatic heterocycles. The Balaban J connectivity index is 0.000000461. The number of rotatable bonds is 1. The molecule has 1 aromatic rings. The van der Waals surface area contributed by atoms with E-state index in [0.29, 0.717) is 0 Å². The number of carboxylic acid groups (broad SMARTS) is 1. The molecule has 4 heteroatoms. The van der Waals surface area contributed by atoms with Crippen LogP contribution >= 0.6 is 11.6 Å². The number of hydrogen-bond donors (Lipinski definition) is 1. The average Bonchev–Trinajstić information content (AvgIpc) is 2.10. The van der Waals surface area contributed by atoms with Crippen molar-refractivity contribution >= 4 is 17.6 Å². The molecule has 11 heavy (non-hydrogen) atoms. The summed E-state index contributed by atoms with van der Waals surface area (Å²) in [6.45, 7) is 0. The van der Waals surface area contributed by atoms with Gasteiger partial charge in [-0.2, -0.15) is 0 Å². The molecule has 1 rings (SSSR count). The molecule has 1 N–H and O–H groups in total. The molecule has 0 bridgehead atoms. The van der Waals surface area contributed by atoms with Gasteiger partial charge in [-0.25, -0.2) is 4.79 Å². The Morgan fingerprint density at radius 1 is 1.45 bits per heavy atom. The Morgan fingerprint density at radius 2 is 1.91 bits per heavy atom. The predicted octanol–water partition coefficient (Wildman–Crippen LogP) is 1.63. The van der Waals surface area contributed by atoms with E-state index in [1.54, 1.807) is 0 Å². The van der Waals surface area contributed by atoms with Crippen LogP contribution in [0, 0.1) is 0 Å². The second-order valence-corrected chi connectivity index (χ2v) is 1.54. The highest BCUT2D eigenvalue weighted by Gasteiger charge is 1.97. The largest absolute Gasteiger partial charge is 0.478 e. The Kier molecular flexibility index (Phi) is 5.11. The summed E-state index contributed by atoms with van der Waals surface area (Å²) >= 11 is 4.64. The lowest BCUT2D eigenvalue weighted by Gasteiger charge is -1.87. The molecule has 0 atom stereocenters. The van der Waals surface area contributed by atoms with Crippen LogP contribution in [0.3, 0.4) is 0 Å². The summed E-state index contributed by atoms with van der Waals surface area (Å²) in [5.74, 6) is -0.919. The average molecular weight is 174 g/mol. The Morgan fingerprint density at radius 3 is 2.18 bits per heavy atom. The van der Waals surface area contributed by atoms with E-state index in [1.165, 1.54) is 30.9 Å². The number of aromatic carboxylic acids is 1. The monoisotopic (exact) mass is 173 g/mol. The van der Waals surface area contributed by atoms with Crippen molar-refractivity contribution in [3.63, 3.8) is 0 Å². The van der Waals surface area contributed by atoms with Gasteiger partial charge in [0.15, 0.2) is 0 Å². The van der Waals surface area contributed by atoms with Gasteiger partial charge in [0.25, 0.3) is 0 Å². The molecule has 1 aromatic heterocycles. The summed E-state index contributed by atoms with van der Waals surface area (Å²) in [5.41, 5.74) is 0.269. The molecule has 0 saturated carbocycles. The summed E-state index contributed by atoms with van der Waals surface area (Å²) < 4.78 is 0. The summed E-state index contributed by atoms with van der Waals surface area (Å²) in [6.07, 6.45) is 4.37. The zero-order valence-corrected chi connectivity index (χ0v) is 6.75. The van der Waals surface area contributed by atoms with Gasteiger partial charge in [0.05, 0.1) is 5.56 Å². The maximum atomic E-state index is 10.2. The number of pyridine rings is 1. The van der Waals surface area contributed by atoms with E-state index >= 15 is 0 Å². The van der Waals surface area contributed by atoms with Crippen molar-refractivity contribution < 1.29 is 9.90 Å². The first kappa shape index (κ1) is 9.91. The SMILES string of the molecule is CCl.O=C(O)c1ccncc1. The van der Waals surface area contributed by atoms with Gasteiger partial charge >= 0.3 is 5.97 Å². The van der Waals surface area contributed by atoms with Crippen LogP contribution in [0.4, 0.5) is 0 Å². The van der Waals surface area contributed by atoms with Crippen LogP contribution in [-0.4, -0.2) is 22.4 Å². The number of nitrogens with zero attached hydrogens (tertiary/aromatic N) is 1. The predicted molar refractivity (Wildman–Crippen MR) is 43.0 cm³/mol. The number of alkyl halides is 1. The summed E-state index contributed by atoms with van der Waals surface area (Å²) in [4.78, 5) is 13.8. The maximum Gasteiger partial charge on any atom is 0.335 e. The fraction of sp³-hybridized carbons (Fsp3) is 0.143. The molecule has 60 valence electrons. The zero-order chi connectivity index (χ0) is 8.69. The fourth-order valence-electron chi connectivity index (χ4n) is 0.494. The number of carbonyl (C=O) groups is 1. The molecular weight excluding hydrogens is 166 g/mol. The molecule has 3 nitrogen and oxygen atoms in total. The number of aromatic nitrogens is 1. The molecule has 0 spiro atoms. The van der Waals surface area contributed by atoms with Crippen LogP contribution in [0.5, 0.6) is 0 Å². The van der Waals surface area contributed by atoms with Gasteiger partial charge in [0.1, 0.15) is 0 Å². The fourth-order valence-corrected chi connectivity index (χ4v) is 0.494. The van der Waals surface area contributed by atoms with E-state index in [9.17, 15) is 4.79 Å². The molecule has 1 heterocycles. The van der Waals surface area contributed by atoms with E-state index < -0.39 is 5.97 Å². The minimum atomic E-state index is -0.919. The van der Waals surface area contributed by atoms with Crippen LogP contribution in [-0.2, 0) is 0 Å². The van der Waals surface area contributed by atoms with Crippen LogP contribution in [0.15, 0.2) is 24.5 Å². The second kappa shape index (κ2) is 5.68. The summed E-state index contributed by atoms with van der Waals surface area (Å²) in [7, 11) is 0. The topological polar surface area (TPSA) is 50.2 Å². The van der Waals surface area contributed by atoms with Gasteiger partial charge in [-0.15, -0.1) is 11.6 Å². The van der Waals surface area contributed by atoms with Gasteiger partial charge in [-0.05, 0) is 12.1 Å². The van der Waals surface area contributed by atoms with Crippen LogP contribution in [0.1, 0.15) is 10.4 Å². The van der Waals surface area contributed by atoms with Crippen LogP contribution < -0.4 is 0 Å². The molecule has 0 radical (unpaired) electrons. The van der Waals surface area contributed by atoms with Gasteiger partial charge in [-0.3, -0.25) is 4.98 Å². The zero-order valence-electron chi connectivity index (χ0n) is 5.99. The first-order chi connectivity index (χ1) is 5.30. The smallest absolute Gasteiger partial charge is 0.335 e. The standard InChI is InChI=1S/C6H5NO2.CH3Cl/c8-6(9)5-1-3-7-4-2-5;1-2/h1-4H,(H,8,9);1H3. The van der Waals surface area contributed by atoms with Crippen LogP contribution in [0.25, 0.3) is 0 Å². The van der Waals surface area contributed by atoms with Crippen molar-refractivity contribution in [3.05, 3.63) is 30.1 Å². The highest BCUT2D eigenvalue weighted by molar-refractivity contribution is 6.15. The van der Waals surface area contributed by atoms with Gasteiger partial charge in [0.2, 0.25) is 0 Å². The van der Waals surface area contributed by atoms with E-state index in [2.05, 4.69) is 16.6 Å². The normalized spacial score (nSPS) is 7.82. The summed E-state index contributed by atoms with van der Waals surface area (Å²) in [5, 5.41) is 8.36. The van der Waals surface area contributed by atoms with Crippen molar-refractivity contribution in [2.75, 3.05) is 6.38 Å². The lowest BCUT2D eigenvalue weighted by molar-refractivity contribution is 0.0697. The molecule has 0 unspecified atom stereocenters. The van der Waals surface area contributed by atoms with Crippen molar-refractivity contribution in [2.24, 2.45) is 0 Å². The highest BCUT2D eigenvalue weighted by Crippen LogP contribution is 1.93. The Labute approximate surface area is 69.6 Å². The third-order valence-electron chi connectivity index (χ3n) is 0.927. The third-order valence-corrected chi connectivity index (χ3v) is 0.927. The van der Waals surface area contributed by atoms with E-state index in [4.69, 9.17) is 5.11 Å². The quantitative estimate of drug-likeness (QED) is 0.657. The molecule has 0 fully saturated rings. The van der Waals surface area contributed by atoms with Gasteiger partial charge in [0, 0.05) is 18.8 Å². The molecule has 0 amide bonds. The maximum absolute atomic E-state index is 10.2. The van der Waals surface area contributed by atoms with Crippen molar-refractivity contribution in [1.82, 2.24) is 4.98 Å². The van der Waals surface area contributed by atoms with Crippen molar-refractivity contribution in [3.8, 4) is 0 Å². The molecular formula is C7H8ClNO2. The van der Waals surface area contributed by atoms with Crippen molar-refractivity contribution in [1.29, 1.82) is 0 Å². The number of carboxylic acids is 1. The van der Waals surface area contributed by atoms with Gasteiger partial charge in [-0.1, -0.05) is 0 Å². The first-order valence-corrected chi connectivity index (χ1v) is 3.57. The summed E-state index contributed by atoms with van der Waals surface area (Å²) in [6, 6.07) is 2.89.